The Hall–Kier alpha value is -2.93. The molecule has 7 heteroatoms. The maximum atomic E-state index is 12.7. The van der Waals surface area contributed by atoms with Gasteiger partial charge in [0.2, 0.25) is 0 Å². The molecule has 0 radical (unpaired) electrons. The predicted octanol–water partition coefficient (Wildman–Crippen LogP) is 3.16. The second kappa shape index (κ2) is 8.61. The van der Waals surface area contributed by atoms with Crippen molar-refractivity contribution in [2.45, 2.75) is 30.8 Å². The third-order valence-corrected chi connectivity index (χ3v) is 6.02. The molecule has 6 nitrogen and oxygen atoms in total. The van der Waals surface area contributed by atoms with Crippen LogP contribution in [-0.4, -0.2) is 33.2 Å². The minimum Gasteiger partial charge on any atom is -0.497 e. The minimum atomic E-state index is -0.282. The molecule has 148 valence electrons. The van der Waals surface area contributed by atoms with Crippen LogP contribution in [0.1, 0.15) is 33.7 Å². The molecule has 0 saturated carbocycles. The number of hydrogen-bond donors (Lipinski definition) is 0. The van der Waals surface area contributed by atoms with Crippen molar-refractivity contribution in [2.75, 3.05) is 12.9 Å². The van der Waals surface area contributed by atoms with Gasteiger partial charge in [-0.1, -0.05) is 17.8 Å². The maximum absolute atomic E-state index is 12.7. The topological polar surface area (TPSA) is 74.1 Å². The van der Waals surface area contributed by atoms with Gasteiger partial charge in [0.1, 0.15) is 10.8 Å². The molecule has 0 unspecified atom stereocenters. The van der Waals surface area contributed by atoms with E-state index < -0.39 is 0 Å². The van der Waals surface area contributed by atoms with E-state index in [0.717, 1.165) is 36.2 Å². The fraction of sp³-hybridized carbons (Fsp3) is 0.273. The molecule has 0 spiro atoms. The number of Topliss-reactive ketones (excluding diaryl/α,β-unsaturated/α-hetero) is 1. The van der Waals surface area contributed by atoms with Gasteiger partial charge in [0.25, 0.3) is 0 Å². The van der Waals surface area contributed by atoms with Gasteiger partial charge < -0.3 is 4.74 Å². The summed E-state index contributed by atoms with van der Waals surface area (Å²) in [5.41, 5.74) is 3.29. The van der Waals surface area contributed by atoms with Crippen molar-refractivity contribution in [1.29, 1.82) is 0 Å². The molecule has 0 fully saturated rings. The molecule has 29 heavy (non-hydrogen) atoms. The van der Waals surface area contributed by atoms with Crippen molar-refractivity contribution < 1.29 is 9.53 Å². The number of pyridine rings is 1. The monoisotopic (exact) mass is 407 g/mol. The zero-order chi connectivity index (χ0) is 20.2. The number of methoxy groups -OCH3 is 1. The number of carbonyl (C=O) groups is 1. The predicted molar refractivity (Wildman–Crippen MR) is 112 cm³/mol. The molecule has 0 aliphatic heterocycles. The second-order valence-corrected chi connectivity index (χ2v) is 7.79. The highest BCUT2D eigenvalue weighted by atomic mass is 32.2. The van der Waals surface area contributed by atoms with Gasteiger partial charge in [0.15, 0.2) is 5.78 Å². The van der Waals surface area contributed by atoms with Gasteiger partial charge in [0.05, 0.1) is 25.1 Å². The van der Waals surface area contributed by atoms with Crippen molar-refractivity contribution in [3.05, 3.63) is 81.7 Å². The molecule has 2 heterocycles. The normalized spacial score (nSPS) is 12.6. The van der Waals surface area contributed by atoms with Crippen LogP contribution in [0, 0.1) is 0 Å². The van der Waals surface area contributed by atoms with Crippen molar-refractivity contribution in [3.63, 3.8) is 0 Å². The number of rotatable bonds is 7. The van der Waals surface area contributed by atoms with Crippen LogP contribution >= 0.6 is 11.8 Å². The summed E-state index contributed by atoms with van der Waals surface area (Å²) >= 11 is 1.35. The lowest BCUT2D eigenvalue weighted by molar-refractivity contribution is 0.102. The van der Waals surface area contributed by atoms with E-state index in [9.17, 15) is 9.59 Å². The molecule has 0 bridgehead atoms. The number of fused-ring (bicyclic) bond motifs is 1. The lowest BCUT2D eigenvalue weighted by Gasteiger charge is -2.13. The van der Waals surface area contributed by atoms with Crippen molar-refractivity contribution >= 4 is 17.5 Å². The second-order valence-electron chi connectivity index (χ2n) is 6.83. The van der Waals surface area contributed by atoms with Crippen LogP contribution in [-0.2, 0) is 19.4 Å². The van der Waals surface area contributed by atoms with E-state index in [2.05, 4.69) is 9.97 Å². The van der Waals surface area contributed by atoms with Gasteiger partial charge >= 0.3 is 5.69 Å². The van der Waals surface area contributed by atoms with Gasteiger partial charge in [-0.15, -0.1) is 0 Å². The number of nitrogens with zero attached hydrogens (tertiary/aromatic N) is 3. The Kier molecular flexibility index (Phi) is 5.76. The summed E-state index contributed by atoms with van der Waals surface area (Å²) in [6.07, 6.45) is 4.44. The highest BCUT2D eigenvalue weighted by Gasteiger charge is 2.23. The first-order valence-corrected chi connectivity index (χ1v) is 10.5. The van der Waals surface area contributed by atoms with Crippen LogP contribution in [0.2, 0.25) is 0 Å². The lowest BCUT2D eigenvalue weighted by Crippen LogP contribution is -2.28. The Morgan fingerprint density at radius 1 is 1.17 bits per heavy atom. The largest absolute Gasteiger partial charge is 0.497 e. The average Bonchev–Trinajstić information content (AvgIpc) is 3.25. The summed E-state index contributed by atoms with van der Waals surface area (Å²) in [6, 6.07) is 12.7. The summed E-state index contributed by atoms with van der Waals surface area (Å²) in [6.45, 7) is 0.421. The van der Waals surface area contributed by atoms with Crippen LogP contribution in [0.4, 0.5) is 0 Å². The Morgan fingerprint density at radius 3 is 2.72 bits per heavy atom. The van der Waals surface area contributed by atoms with Gasteiger partial charge in [-0.3, -0.25) is 14.3 Å². The van der Waals surface area contributed by atoms with E-state index in [-0.39, 0.29) is 17.2 Å². The first kappa shape index (κ1) is 19.4. The van der Waals surface area contributed by atoms with Crippen LogP contribution in [0.5, 0.6) is 5.75 Å². The van der Waals surface area contributed by atoms with E-state index in [4.69, 9.17) is 4.74 Å². The Bertz CT molecular complexity index is 1080. The first-order valence-electron chi connectivity index (χ1n) is 9.48. The third-order valence-electron chi connectivity index (χ3n) is 5.00. The van der Waals surface area contributed by atoms with E-state index in [1.54, 1.807) is 42.1 Å². The number of ether oxygens (including phenoxy) is 1. The van der Waals surface area contributed by atoms with E-state index in [0.29, 0.717) is 22.9 Å². The summed E-state index contributed by atoms with van der Waals surface area (Å²) in [5.74, 6) is 0.962. The zero-order valence-electron chi connectivity index (χ0n) is 16.1. The quantitative estimate of drug-likeness (QED) is 0.340. The van der Waals surface area contributed by atoms with Crippen LogP contribution in [0.3, 0.4) is 0 Å². The van der Waals surface area contributed by atoms with Gasteiger partial charge in [-0.25, -0.2) is 4.79 Å². The standard InChI is InChI=1S/C22H21N3O3S/c1-28-17-10-8-15(9-11-17)20(26)14-29-21-18-6-4-7-19(18)25(22(27)24-21)13-16-5-2-3-12-23-16/h2-3,5,8-12H,4,6-7,13-14H2,1H3. The number of hydrogen-bond acceptors (Lipinski definition) is 6. The van der Waals surface area contributed by atoms with Gasteiger partial charge in [-0.2, -0.15) is 4.98 Å². The van der Waals surface area contributed by atoms with Crippen LogP contribution in [0.15, 0.2) is 58.5 Å². The average molecular weight is 407 g/mol. The highest BCUT2D eigenvalue weighted by molar-refractivity contribution is 8.00. The van der Waals surface area contributed by atoms with Crippen LogP contribution in [0.25, 0.3) is 0 Å². The van der Waals surface area contributed by atoms with Gasteiger partial charge in [-0.05, 0) is 55.7 Å². The SMILES string of the molecule is COc1ccc(C(=O)CSc2nc(=O)n(Cc3ccccn3)c3c2CCC3)cc1. The molecule has 1 aliphatic carbocycles. The number of ketones is 1. The Balaban J connectivity index is 1.54. The van der Waals surface area contributed by atoms with E-state index >= 15 is 0 Å². The molecule has 2 aromatic heterocycles. The fourth-order valence-corrected chi connectivity index (χ4v) is 4.49. The van der Waals surface area contributed by atoms with E-state index in [1.807, 2.05) is 18.2 Å². The molecule has 3 aromatic rings. The van der Waals surface area contributed by atoms with Gasteiger partial charge in [0, 0.05) is 23.0 Å². The lowest BCUT2D eigenvalue weighted by atomic mass is 10.1. The molecular weight excluding hydrogens is 386 g/mol. The smallest absolute Gasteiger partial charge is 0.349 e. The zero-order valence-corrected chi connectivity index (χ0v) is 16.9. The summed E-state index contributed by atoms with van der Waals surface area (Å²) < 4.78 is 6.85. The molecule has 4 rings (SSSR count). The number of aromatic nitrogens is 3. The molecule has 0 amide bonds. The molecule has 1 aliphatic rings. The summed E-state index contributed by atoms with van der Waals surface area (Å²) in [7, 11) is 1.59. The highest BCUT2D eigenvalue weighted by Crippen LogP contribution is 2.30. The minimum absolute atomic E-state index is 0.00358. The Morgan fingerprint density at radius 2 is 2.00 bits per heavy atom. The van der Waals surface area contributed by atoms with E-state index in [1.165, 1.54) is 11.8 Å². The molecular formula is C22H21N3O3S. The van der Waals surface area contributed by atoms with Crippen molar-refractivity contribution in [3.8, 4) is 5.75 Å². The number of carbonyl (C=O) groups excluding carboxylic acids is 1. The molecule has 0 saturated heterocycles. The van der Waals surface area contributed by atoms with Crippen molar-refractivity contribution in [2.24, 2.45) is 0 Å². The number of thioether (sulfide) groups is 1. The number of benzene rings is 1. The first-order chi connectivity index (χ1) is 14.2. The Labute approximate surface area is 173 Å². The van der Waals surface area contributed by atoms with Crippen molar-refractivity contribution in [1.82, 2.24) is 14.5 Å². The molecule has 0 N–H and O–H groups in total. The van der Waals surface area contributed by atoms with Crippen LogP contribution < -0.4 is 10.4 Å². The molecule has 1 aromatic carbocycles. The fourth-order valence-electron chi connectivity index (χ4n) is 3.52. The molecule has 0 atom stereocenters. The summed E-state index contributed by atoms with van der Waals surface area (Å²) in [4.78, 5) is 33.9. The maximum Gasteiger partial charge on any atom is 0.349 e. The summed E-state index contributed by atoms with van der Waals surface area (Å²) in [5, 5.41) is 0.682. The third kappa shape index (κ3) is 4.24.